The number of carbonyl (C=O) groups excluding carboxylic acids is 2. The molecule has 0 N–H and O–H groups in total. The highest BCUT2D eigenvalue weighted by Crippen LogP contribution is 2.33. The van der Waals surface area contributed by atoms with Gasteiger partial charge in [0.2, 0.25) is 5.88 Å². The second-order valence-electron chi connectivity index (χ2n) is 12.1. The van der Waals surface area contributed by atoms with Gasteiger partial charge in [-0.1, -0.05) is 12.1 Å². The zero-order valence-corrected chi connectivity index (χ0v) is 29.7. The number of hydrogen-bond acceptors (Lipinski definition) is 6. The average molecular weight is 753 g/mol. The van der Waals surface area contributed by atoms with Gasteiger partial charge in [0.25, 0.3) is 11.8 Å². The SMILES string of the molecule is Br.COc1ccc(CN2CCN(C(=O)c3cc4cc(Oc5ccc(N(C)C(=O)c6ccc(C(F)(F)F)c(C)c6)cn5)ccc4n3C)CC2)cc1. The molecule has 1 fully saturated rings. The van der Waals surface area contributed by atoms with Crippen LogP contribution >= 0.6 is 17.0 Å². The van der Waals surface area contributed by atoms with E-state index in [0.29, 0.717) is 30.2 Å². The Bertz CT molecular complexity index is 1990. The number of hydrogen-bond donors (Lipinski definition) is 0. The third-order valence-electron chi connectivity index (χ3n) is 8.87. The molecule has 1 saturated heterocycles. The predicted molar refractivity (Wildman–Crippen MR) is 191 cm³/mol. The number of piperazine rings is 1. The monoisotopic (exact) mass is 751 g/mol. The number of rotatable bonds is 8. The minimum Gasteiger partial charge on any atom is -0.497 e. The molecule has 2 aromatic heterocycles. The Morgan fingerprint density at radius 2 is 1.60 bits per heavy atom. The maximum absolute atomic E-state index is 13.6. The van der Waals surface area contributed by atoms with Crippen molar-refractivity contribution >= 4 is 45.4 Å². The van der Waals surface area contributed by atoms with Gasteiger partial charge in [-0.2, -0.15) is 13.2 Å². The topological polar surface area (TPSA) is 80.1 Å². The van der Waals surface area contributed by atoms with Crippen molar-refractivity contribution in [2.75, 3.05) is 45.2 Å². The Kier molecular flexibility index (Phi) is 10.9. The second-order valence-corrected chi connectivity index (χ2v) is 12.1. The Hall–Kier alpha value is -4.88. The average Bonchev–Trinajstić information content (AvgIpc) is 3.42. The van der Waals surface area contributed by atoms with Gasteiger partial charge in [-0.3, -0.25) is 14.5 Å². The molecule has 0 radical (unpaired) electrons. The molecule has 0 spiro atoms. The number of nitrogens with zero attached hydrogens (tertiary/aromatic N) is 5. The zero-order valence-electron chi connectivity index (χ0n) is 28.0. The van der Waals surface area contributed by atoms with E-state index < -0.39 is 17.6 Å². The van der Waals surface area contributed by atoms with Gasteiger partial charge < -0.3 is 23.8 Å². The van der Waals surface area contributed by atoms with Gasteiger partial charge in [0.05, 0.1) is 24.6 Å². The fraction of sp³-hybridized carbons (Fsp3) is 0.270. The summed E-state index contributed by atoms with van der Waals surface area (Å²) < 4.78 is 52.5. The number of anilines is 1. The van der Waals surface area contributed by atoms with Crippen molar-refractivity contribution in [2.45, 2.75) is 19.6 Å². The van der Waals surface area contributed by atoms with Crippen LogP contribution in [0.5, 0.6) is 17.4 Å². The standard InChI is InChI=1S/C37H36F3N5O4.BrH/c1-24-19-26(7-12-31(24)37(38,39)40)35(46)42(2)28-8-14-34(41-22-28)49-30-11-13-32-27(20-30)21-33(43(32)3)36(47)45-17-15-44(16-18-45)23-25-5-9-29(48-4)10-6-25;/h5-14,19-22H,15-18,23H2,1-4H3;1H. The van der Waals surface area contributed by atoms with Crippen LogP contribution < -0.4 is 14.4 Å². The first kappa shape index (κ1) is 36.4. The summed E-state index contributed by atoms with van der Waals surface area (Å²) in [5, 5.41) is 0.843. The zero-order chi connectivity index (χ0) is 34.9. The number of amides is 2. The first-order valence-electron chi connectivity index (χ1n) is 15.7. The van der Waals surface area contributed by atoms with E-state index in [9.17, 15) is 22.8 Å². The summed E-state index contributed by atoms with van der Waals surface area (Å²) in [5.41, 5.74) is 2.45. The first-order chi connectivity index (χ1) is 23.4. The van der Waals surface area contributed by atoms with Gasteiger partial charge >= 0.3 is 6.18 Å². The summed E-state index contributed by atoms with van der Waals surface area (Å²) in [6.07, 6.45) is -3.03. The molecule has 3 heterocycles. The third kappa shape index (κ3) is 7.79. The van der Waals surface area contributed by atoms with E-state index in [1.807, 2.05) is 46.8 Å². The Morgan fingerprint density at radius 3 is 2.22 bits per heavy atom. The minimum atomic E-state index is -4.49. The number of alkyl halides is 3. The molecule has 50 heavy (non-hydrogen) atoms. The van der Waals surface area contributed by atoms with E-state index in [1.165, 1.54) is 42.8 Å². The Labute approximate surface area is 298 Å². The van der Waals surface area contributed by atoms with Crippen LogP contribution in [0.3, 0.4) is 0 Å². The van der Waals surface area contributed by atoms with Crippen molar-refractivity contribution in [3.8, 4) is 17.4 Å². The number of carbonyl (C=O) groups is 2. The molecule has 0 bridgehead atoms. The highest BCUT2D eigenvalue weighted by molar-refractivity contribution is 8.93. The van der Waals surface area contributed by atoms with Crippen LogP contribution in [0.25, 0.3) is 10.9 Å². The van der Waals surface area contributed by atoms with Gasteiger partial charge in [-0.15, -0.1) is 17.0 Å². The number of fused-ring (bicyclic) bond motifs is 1. The van der Waals surface area contributed by atoms with Crippen molar-refractivity contribution in [3.05, 3.63) is 113 Å². The van der Waals surface area contributed by atoms with Crippen LogP contribution in [0.1, 0.15) is 37.5 Å². The van der Waals surface area contributed by atoms with Crippen molar-refractivity contribution in [1.82, 2.24) is 19.4 Å². The lowest BCUT2D eigenvalue weighted by molar-refractivity contribution is -0.138. The summed E-state index contributed by atoms with van der Waals surface area (Å²) in [6.45, 7) is 4.98. The van der Waals surface area contributed by atoms with Gasteiger partial charge in [-0.25, -0.2) is 4.98 Å². The molecule has 1 aliphatic rings. The molecule has 0 atom stereocenters. The lowest BCUT2D eigenvalue weighted by Crippen LogP contribution is -2.48. The van der Waals surface area contributed by atoms with E-state index in [4.69, 9.17) is 9.47 Å². The summed E-state index contributed by atoms with van der Waals surface area (Å²) in [6, 6.07) is 22.0. The molecule has 13 heteroatoms. The predicted octanol–water partition coefficient (Wildman–Crippen LogP) is 7.51. The quantitative estimate of drug-likeness (QED) is 0.163. The summed E-state index contributed by atoms with van der Waals surface area (Å²) >= 11 is 0. The van der Waals surface area contributed by atoms with Crippen LogP contribution in [-0.2, 0) is 19.8 Å². The molecular formula is C37H37BrF3N5O4. The second kappa shape index (κ2) is 14.9. The molecule has 0 unspecified atom stereocenters. The molecule has 3 aromatic carbocycles. The lowest BCUT2D eigenvalue weighted by Gasteiger charge is -2.34. The maximum atomic E-state index is 13.6. The lowest BCUT2D eigenvalue weighted by atomic mass is 10.0. The number of pyridine rings is 1. The first-order valence-corrected chi connectivity index (χ1v) is 15.7. The molecule has 0 aliphatic carbocycles. The smallest absolute Gasteiger partial charge is 0.416 e. The highest BCUT2D eigenvalue weighted by atomic mass is 79.9. The summed E-state index contributed by atoms with van der Waals surface area (Å²) in [7, 11) is 5.05. The van der Waals surface area contributed by atoms with E-state index in [0.717, 1.165) is 42.4 Å². The summed E-state index contributed by atoms with van der Waals surface area (Å²) in [4.78, 5) is 36.4. The fourth-order valence-corrected chi connectivity index (χ4v) is 6.03. The van der Waals surface area contributed by atoms with Crippen LogP contribution in [0.4, 0.5) is 18.9 Å². The minimum absolute atomic E-state index is 0. The van der Waals surface area contributed by atoms with Gasteiger partial charge in [0.15, 0.2) is 0 Å². The number of benzene rings is 3. The van der Waals surface area contributed by atoms with E-state index >= 15 is 0 Å². The normalized spacial score (nSPS) is 13.5. The number of halogens is 4. The van der Waals surface area contributed by atoms with Crippen molar-refractivity contribution in [1.29, 1.82) is 0 Å². The molecule has 262 valence electrons. The van der Waals surface area contributed by atoms with Crippen LogP contribution in [0.2, 0.25) is 0 Å². The van der Waals surface area contributed by atoms with Gasteiger partial charge in [-0.05, 0) is 78.7 Å². The fourth-order valence-electron chi connectivity index (χ4n) is 6.03. The van der Waals surface area contributed by atoms with Crippen molar-refractivity contribution < 1.29 is 32.2 Å². The molecule has 5 aromatic rings. The van der Waals surface area contributed by atoms with Crippen molar-refractivity contribution in [3.63, 3.8) is 0 Å². The third-order valence-corrected chi connectivity index (χ3v) is 8.87. The van der Waals surface area contributed by atoms with Crippen LogP contribution in [-0.4, -0.2) is 71.5 Å². The molecule has 9 nitrogen and oxygen atoms in total. The number of aryl methyl sites for hydroxylation is 2. The van der Waals surface area contributed by atoms with E-state index in [2.05, 4.69) is 22.0 Å². The Morgan fingerprint density at radius 1 is 0.900 bits per heavy atom. The maximum Gasteiger partial charge on any atom is 0.416 e. The number of ether oxygens (including phenoxy) is 2. The largest absolute Gasteiger partial charge is 0.497 e. The van der Waals surface area contributed by atoms with Gasteiger partial charge in [0, 0.05) is 69.4 Å². The molecule has 0 saturated carbocycles. The van der Waals surface area contributed by atoms with Crippen LogP contribution in [0, 0.1) is 6.92 Å². The van der Waals surface area contributed by atoms with E-state index in [-0.39, 0.29) is 39.9 Å². The van der Waals surface area contributed by atoms with Crippen LogP contribution in [0.15, 0.2) is 85.1 Å². The van der Waals surface area contributed by atoms with Crippen molar-refractivity contribution in [2.24, 2.45) is 7.05 Å². The van der Waals surface area contributed by atoms with E-state index in [1.54, 1.807) is 25.3 Å². The number of aromatic nitrogens is 2. The molecule has 1 aliphatic heterocycles. The molecule has 2 amide bonds. The molecular weight excluding hydrogens is 715 g/mol. The van der Waals surface area contributed by atoms with Gasteiger partial charge in [0.1, 0.15) is 17.2 Å². The highest BCUT2D eigenvalue weighted by Gasteiger charge is 2.32. The number of methoxy groups -OCH3 is 1. The summed E-state index contributed by atoms with van der Waals surface area (Å²) in [5.74, 6) is 1.15. The molecule has 6 rings (SSSR count). The Balaban J connectivity index is 0.00000486.